The molecule has 136 valence electrons. The van der Waals surface area contributed by atoms with Crippen molar-refractivity contribution in [2.24, 2.45) is 0 Å². The van der Waals surface area contributed by atoms with Gasteiger partial charge in [0.15, 0.2) is 0 Å². The van der Waals surface area contributed by atoms with Crippen molar-refractivity contribution >= 4 is 11.8 Å². The largest absolute Gasteiger partial charge is 0.370 e. The molecule has 1 N–H and O–H groups in total. The first-order chi connectivity index (χ1) is 11.4. The molecule has 2 amide bonds. The number of amides is 2. The van der Waals surface area contributed by atoms with Gasteiger partial charge in [-0.1, -0.05) is 0 Å². The van der Waals surface area contributed by atoms with Crippen LogP contribution in [0.4, 0.5) is 0 Å². The number of likely N-dealkylation sites (tertiary alicyclic amines) is 2. The lowest BCUT2D eigenvalue weighted by atomic mass is 9.82. The van der Waals surface area contributed by atoms with E-state index < -0.39 is 0 Å². The van der Waals surface area contributed by atoms with Crippen LogP contribution in [-0.2, 0) is 14.3 Å². The molecule has 3 rings (SSSR count). The lowest BCUT2D eigenvalue weighted by Gasteiger charge is -2.38. The highest BCUT2D eigenvalue weighted by Gasteiger charge is 2.57. The Labute approximate surface area is 144 Å². The average molecular weight is 337 g/mol. The Hall–Kier alpha value is -1.14. The van der Waals surface area contributed by atoms with Crippen LogP contribution in [0.2, 0.25) is 0 Å². The van der Waals surface area contributed by atoms with Gasteiger partial charge in [0.05, 0.1) is 30.2 Å². The van der Waals surface area contributed by atoms with E-state index in [1.807, 2.05) is 4.90 Å². The van der Waals surface area contributed by atoms with Gasteiger partial charge in [-0.05, 0) is 52.5 Å². The van der Waals surface area contributed by atoms with Crippen LogP contribution in [0.25, 0.3) is 0 Å². The number of carbonyl (C=O) groups excluding carboxylic acids is 2. The fourth-order valence-corrected chi connectivity index (χ4v) is 4.88. The number of hydrogen-bond donors (Lipinski definition) is 1. The zero-order valence-corrected chi connectivity index (χ0v) is 15.3. The van der Waals surface area contributed by atoms with Gasteiger partial charge >= 0.3 is 0 Å². The molecule has 0 aromatic carbocycles. The molecule has 6 heteroatoms. The maximum atomic E-state index is 12.7. The third-order valence-electron chi connectivity index (χ3n) is 5.89. The quantitative estimate of drug-likeness (QED) is 0.836. The van der Waals surface area contributed by atoms with Crippen molar-refractivity contribution in [3.05, 3.63) is 0 Å². The topological polar surface area (TPSA) is 61.9 Å². The Kier molecular flexibility index (Phi) is 4.89. The number of ether oxygens (including phenoxy) is 1. The molecule has 3 heterocycles. The van der Waals surface area contributed by atoms with Crippen molar-refractivity contribution in [3.8, 4) is 0 Å². The van der Waals surface area contributed by atoms with Crippen LogP contribution >= 0.6 is 0 Å². The molecule has 0 unspecified atom stereocenters. The molecule has 2 atom stereocenters. The summed E-state index contributed by atoms with van der Waals surface area (Å²) in [4.78, 5) is 28.9. The molecular weight excluding hydrogens is 306 g/mol. The summed E-state index contributed by atoms with van der Waals surface area (Å²) in [7, 11) is 1.68. The SMILES string of the molecule is CNC(=O)CN1CCC[C@]12CC(C)(C)O[C@H]2CC(=O)N1CCCC1. The fraction of sp³-hybridized carbons (Fsp3) is 0.889. The van der Waals surface area contributed by atoms with Gasteiger partial charge in [0, 0.05) is 20.1 Å². The summed E-state index contributed by atoms with van der Waals surface area (Å²) in [6.07, 6.45) is 5.49. The van der Waals surface area contributed by atoms with Crippen molar-refractivity contribution in [1.29, 1.82) is 0 Å². The summed E-state index contributed by atoms with van der Waals surface area (Å²) < 4.78 is 6.34. The first-order valence-electron chi connectivity index (χ1n) is 9.27. The highest BCUT2D eigenvalue weighted by Crippen LogP contribution is 2.48. The molecule has 3 saturated heterocycles. The Bertz CT molecular complexity index is 502. The third kappa shape index (κ3) is 3.31. The van der Waals surface area contributed by atoms with E-state index >= 15 is 0 Å². The van der Waals surface area contributed by atoms with E-state index in [0.29, 0.717) is 13.0 Å². The second kappa shape index (κ2) is 6.64. The monoisotopic (exact) mass is 337 g/mol. The van der Waals surface area contributed by atoms with Crippen LogP contribution in [0.3, 0.4) is 0 Å². The molecule has 0 saturated carbocycles. The number of rotatable bonds is 4. The minimum Gasteiger partial charge on any atom is -0.370 e. The van der Waals surface area contributed by atoms with Crippen LogP contribution in [0.1, 0.15) is 52.4 Å². The zero-order valence-electron chi connectivity index (χ0n) is 15.3. The van der Waals surface area contributed by atoms with Gasteiger partial charge in [0.1, 0.15) is 0 Å². The summed E-state index contributed by atoms with van der Waals surface area (Å²) in [6.45, 7) is 7.26. The van der Waals surface area contributed by atoms with Crippen LogP contribution in [0.15, 0.2) is 0 Å². The van der Waals surface area contributed by atoms with Gasteiger partial charge in [-0.15, -0.1) is 0 Å². The van der Waals surface area contributed by atoms with E-state index in [2.05, 4.69) is 24.1 Å². The molecule has 6 nitrogen and oxygen atoms in total. The second-order valence-corrected chi connectivity index (χ2v) is 8.14. The highest BCUT2D eigenvalue weighted by molar-refractivity contribution is 5.78. The summed E-state index contributed by atoms with van der Waals surface area (Å²) in [6, 6.07) is 0. The molecule has 3 fully saturated rings. The normalized spacial score (nSPS) is 32.6. The maximum absolute atomic E-state index is 12.7. The highest BCUT2D eigenvalue weighted by atomic mass is 16.5. The second-order valence-electron chi connectivity index (χ2n) is 8.14. The van der Waals surface area contributed by atoms with Crippen LogP contribution < -0.4 is 5.32 Å². The van der Waals surface area contributed by atoms with E-state index in [4.69, 9.17) is 4.74 Å². The molecule has 0 radical (unpaired) electrons. The van der Waals surface area contributed by atoms with E-state index in [1.165, 1.54) is 0 Å². The first-order valence-corrected chi connectivity index (χ1v) is 9.27. The van der Waals surface area contributed by atoms with Crippen molar-refractivity contribution in [2.45, 2.75) is 69.6 Å². The zero-order chi connectivity index (χ0) is 17.4. The summed E-state index contributed by atoms with van der Waals surface area (Å²) in [5.74, 6) is 0.243. The van der Waals surface area contributed by atoms with Gasteiger partial charge in [0.25, 0.3) is 0 Å². The van der Waals surface area contributed by atoms with E-state index in [9.17, 15) is 9.59 Å². The Balaban J connectivity index is 1.77. The Morgan fingerprint density at radius 3 is 2.54 bits per heavy atom. The van der Waals surface area contributed by atoms with E-state index in [1.54, 1.807) is 7.05 Å². The van der Waals surface area contributed by atoms with Crippen molar-refractivity contribution < 1.29 is 14.3 Å². The van der Waals surface area contributed by atoms with Gasteiger partial charge in [0.2, 0.25) is 11.8 Å². The van der Waals surface area contributed by atoms with E-state index in [-0.39, 0.29) is 29.1 Å². The average Bonchev–Trinajstić information content (AvgIpc) is 3.21. The van der Waals surface area contributed by atoms with Crippen LogP contribution in [0.5, 0.6) is 0 Å². The smallest absolute Gasteiger partial charge is 0.233 e. The number of nitrogens with one attached hydrogen (secondary N) is 1. The fourth-order valence-electron chi connectivity index (χ4n) is 4.88. The molecule has 0 aromatic heterocycles. The number of hydrogen-bond acceptors (Lipinski definition) is 4. The van der Waals surface area contributed by atoms with Crippen LogP contribution in [0, 0.1) is 0 Å². The lowest BCUT2D eigenvalue weighted by Crippen LogP contribution is -2.54. The van der Waals surface area contributed by atoms with Crippen LogP contribution in [-0.4, -0.2) is 72.1 Å². The molecule has 0 aromatic rings. The lowest BCUT2D eigenvalue weighted by molar-refractivity contribution is -0.136. The van der Waals surface area contributed by atoms with Gasteiger partial charge in [-0.2, -0.15) is 0 Å². The molecule has 0 aliphatic carbocycles. The van der Waals surface area contributed by atoms with Crippen molar-refractivity contribution in [1.82, 2.24) is 15.1 Å². The van der Waals surface area contributed by atoms with Gasteiger partial charge < -0.3 is 15.0 Å². The first kappa shape index (κ1) is 17.7. The molecule has 1 spiro atoms. The molecule has 3 aliphatic rings. The van der Waals surface area contributed by atoms with Gasteiger partial charge in [-0.3, -0.25) is 14.5 Å². The predicted molar refractivity (Wildman–Crippen MR) is 91.6 cm³/mol. The minimum atomic E-state index is -0.249. The minimum absolute atomic E-state index is 0.0330. The maximum Gasteiger partial charge on any atom is 0.233 e. The molecule has 0 bridgehead atoms. The van der Waals surface area contributed by atoms with Gasteiger partial charge in [-0.25, -0.2) is 0 Å². The van der Waals surface area contributed by atoms with Crippen molar-refractivity contribution in [3.63, 3.8) is 0 Å². The third-order valence-corrected chi connectivity index (χ3v) is 5.89. The summed E-state index contributed by atoms with van der Waals surface area (Å²) in [5.41, 5.74) is -0.424. The van der Waals surface area contributed by atoms with E-state index in [0.717, 1.165) is 51.7 Å². The Morgan fingerprint density at radius 2 is 1.88 bits per heavy atom. The predicted octanol–water partition coefficient (Wildman–Crippen LogP) is 1.15. The number of carbonyl (C=O) groups is 2. The number of likely N-dealkylation sites (N-methyl/N-ethyl adjacent to an activating group) is 1. The Morgan fingerprint density at radius 1 is 1.17 bits per heavy atom. The van der Waals surface area contributed by atoms with Crippen molar-refractivity contribution in [2.75, 3.05) is 33.2 Å². The molecule has 24 heavy (non-hydrogen) atoms. The molecule has 3 aliphatic heterocycles. The molecular formula is C18H31N3O3. The summed E-state index contributed by atoms with van der Waals surface area (Å²) >= 11 is 0. The number of nitrogens with zero attached hydrogens (tertiary/aromatic N) is 2. The summed E-state index contributed by atoms with van der Waals surface area (Å²) in [5, 5.41) is 2.72. The standard InChI is InChI=1S/C18H31N3O3/c1-17(2)13-18(7-6-10-21(18)12-15(22)19-3)14(24-17)11-16(23)20-8-4-5-9-20/h14H,4-13H2,1-3H3,(H,19,22)/t14-,18+/m0/s1.